The van der Waals surface area contributed by atoms with Gasteiger partial charge < -0.3 is 19.6 Å². The molecular formula is C28H27N3O6S3. The summed E-state index contributed by atoms with van der Waals surface area (Å²) in [7, 11) is 1.58. The zero-order chi connectivity index (χ0) is 28.2. The molecule has 0 saturated carbocycles. The van der Waals surface area contributed by atoms with Crippen molar-refractivity contribution in [3.8, 4) is 5.75 Å². The number of hydrogen-bond acceptors (Lipinski definition) is 9. The van der Waals surface area contributed by atoms with Gasteiger partial charge >= 0.3 is 5.97 Å². The van der Waals surface area contributed by atoms with Gasteiger partial charge in [0.25, 0.3) is 5.91 Å². The number of methoxy groups -OCH3 is 1. The van der Waals surface area contributed by atoms with Crippen LogP contribution in [0.3, 0.4) is 0 Å². The van der Waals surface area contributed by atoms with Gasteiger partial charge in [0.05, 0.1) is 19.2 Å². The number of hydrogen-bond donors (Lipinski definition) is 1. The van der Waals surface area contributed by atoms with Crippen molar-refractivity contribution >= 4 is 53.1 Å². The molecule has 1 saturated heterocycles. The Labute approximate surface area is 244 Å². The van der Waals surface area contributed by atoms with Crippen LogP contribution in [0.1, 0.15) is 16.8 Å². The number of benzene rings is 2. The lowest BCUT2D eigenvalue weighted by Crippen LogP contribution is -2.70. The van der Waals surface area contributed by atoms with Crippen LogP contribution in [0.4, 0.5) is 0 Å². The molecule has 0 unspecified atom stereocenters. The molecule has 0 spiro atoms. The molecule has 2 atom stereocenters. The Bertz CT molecular complexity index is 1500. The zero-order valence-electron chi connectivity index (χ0n) is 21.8. The van der Waals surface area contributed by atoms with E-state index < -0.39 is 17.4 Å². The number of carbonyl (C=O) groups is 3. The first-order valence-electron chi connectivity index (χ1n) is 12.5. The highest BCUT2D eigenvalue weighted by molar-refractivity contribution is 8.00. The van der Waals surface area contributed by atoms with Crippen LogP contribution in [-0.2, 0) is 32.1 Å². The molecule has 0 aliphatic carbocycles. The van der Waals surface area contributed by atoms with Gasteiger partial charge in [-0.1, -0.05) is 42.5 Å². The summed E-state index contributed by atoms with van der Waals surface area (Å²) in [5.41, 5.74) is 3.22. The quantitative estimate of drug-likeness (QED) is 0.215. The minimum Gasteiger partial charge on any atom is -0.497 e. The molecular weight excluding hydrogens is 571 g/mol. The second-order valence-corrected chi connectivity index (χ2v) is 11.8. The van der Waals surface area contributed by atoms with E-state index in [4.69, 9.17) is 26.5 Å². The molecule has 2 aliphatic rings. The van der Waals surface area contributed by atoms with E-state index >= 15 is 0 Å². The summed E-state index contributed by atoms with van der Waals surface area (Å²) in [5, 5.41) is 4.30. The van der Waals surface area contributed by atoms with E-state index in [-0.39, 0.29) is 37.1 Å². The summed E-state index contributed by atoms with van der Waals surface area (Å²) in [4.78, 5) is 46.8. The van der Waals surface area contributed by atoms with E-state index in [1.54, 1.807) is 31.4 Å². The molecule has 40 heavy (non-hydrogen) atoms. The highest BCUT2D eigenvalue weighted by atomic mass is 32.2. The molecule has 2 aromatic carbocycles. The SMILES string of the molecule is COc1ccc(COC(=O)C2=C(COn3c(C)csc3=S)CS[C@@H]3[C@H](NC(=O)Cc4ccccc4)C(=O)N23)cc1. The van der Waals surface area contributed by atoms with Gasteiger partial charge in [0.15, 0.2) is 3.95 Å². The fourth-order valence-electron chi connectivity index (χ4n) is 4.40. The number of amides is 2. The van der Waals surface area contributed by atoms with Crippen LogP contribution in [0, 0.1) is 10.9 Å². The van der Waals surface area contributed by atoms with E-state index in [2.05, 4.69) is 5.32 Å². The molecule has 1 N–H and O–H groups in total. The molecule has 1 aromatic heterocycles. The van der Waals surface area contributed by atoms with E-state index in [1.165, 1.54) is 32.7 Å². The van der Waals surface area contributed by atoms with Crippen LogP contribution in [0.25, 0.3) is 0 Å². The first kappa shape index (κ1) is 27.9. The van der Waals surface area contributed by atoms with Gasteiger partial charge in [-0.3, -0.25) is 14.5 Å². The molecule has 12 heteroatoms. The van der Waals surface area contributed by atoms with Crippen LogP contribution < -0.4 is 14.9 Å². The average molecular weight is 598 g/mol. The summed E-state index contributed by atoms with van der Waals surface area (Å²) < 4.78 is 12.9. The molecule has 0 radical (unpaired) electrons. The largest absolute Gasteiger partial charge is 0.497 e. The summed E-state index contributed by atoms with van der Waals surface area (Å²) in [6.07, 6.45) is 0.161. The fourth-order valence-corrected chi connectivity index (χ4v) is 6.73. The lowest BCUT2D eigenvalue weighted by atomic mass is 10.0. The van der Waals surface area contributed by atoms with Crippen LogP contribution in [0.5, 0.6) is 5.75 Å². The predicted octanol–water partition coefficient (Wildman–Crippen LogP) is 3.66. The van der Waals surface area contributed by atoms with E-state index in [0.717, 1.165) is 16.8 Å². The van der Waals surface area contributed by atoms with Crippen molar-refractivity contribution in [2.75, 3.05) is 19.5 Å². The first-order valence-corrected chi connectivity index (χ1v) is 14.8. The maximum Gasteiger partial charge on any atom is 0.355 e. The van der Waals surface area contributed by atoms with Crippen molar-refractivity contribution in [1.29, 1.82) is 0 Å². The normalized spacial score (nSPS) is 18.1. The topological polar surface area (TPSA) is 99.1 Å². The van der Waals surface area contributed by atoms with Crippen LogP contribution in [-0.4, -0.2) is 58.3 Å². The molecule has 9 nitrogen and oxygen atoms in total. The number of carbonyl (C=O) groups excluding carboxylic acids is 3. The third-order valence-electron chi connectivity index (χ3n) is 6.48. The van der Waals surface area contributed by atoms with Gasteiger partial charge in [-0.05, 0) is 42.4 Å². The molecule has 5 rings (SSSR count). The standard InChI is InChI=1S/C28H27N3O6S3/c1-17-15-40-28(38)31(17)37-14-20-16-39-26-23(29-22(32)12-18-6-4-3-5-7-18)25(33)30(26)24(20)27(34)36-13-19-8-10-21(35-2)11-9-19/h3-11,15,23,26H,12-14,16H2,1-2H3,(H,29,32)/t23-,26-/m1/s1. The number of fused-ring (bicyclic) bond motifs is 1. The summed E-state index contributed by atoms with van der Waals surface area (Å²) >= 11 is 8.18. The molecule has 3 heterocycles. The van der Waals surface area contributed by atoms with Crippen molar-refractivity contribution in [3.05, 3.63) is 92.0 Å². The molecule has 2 amide bonds. The number of thioether (sulfide) groups is 1. The monoisotopic (exact) mass is 597 g/mol. The Morgan fingerprint density at radius 3 is 2.50 bits per heavy atom. The minimum absolute atomic E-state index is 0.0201. The Kier molecular flexibility index (Phi) is 8.57. The number of nitrogens with one attached hydrogen (secondary N) is 1. The maximum atomic E-state index is 13.4. The number of aryl methyl sites for hydroxylation is 1. The number of esters is 1. The Hall–Kier alpha value is -3.61. The maximum absolute atomic E-state index is 13.4. The van der Waals surface area contributed by atoms with Crippen molar-refractivity contribution in [1.82, 2.24) is 14.9 Å². The van der Waals surface area contributed by atoms with Gasteiger partial charge in [0, 0.05) is 16.7 Å². The highest BCUT2D eigenvalue weighted by Crippen LogP contribution is 2.40. The Balaban J connectivity index is 1.33. The van der Waals surface area contributed by atoms with Gasteiger partial charge in [-0.2, -0.15) is 4.73 Å². The Morgan fingerprint density at radius 1 is 1.07 bits per heavy atom. The number of β-lactam (4-membered cyclic amide) rings is 1. The van der Waals surface area contributed by atoms with Crippen LogP contribution in [0.15, 0.2) is 71.2 Å². The van der Waals surface area contributed by atoms with E-state index in [1.807, 2.05) is 42.6 Å². The minimum atomic E-state index is -0.735. The molecule has 3 aromatic rings. The second-order valence-electron chi connectivity index (χ2n) is 9.20. The number of aromatic nitrogens is 1. The number of nitrogens with zero attached hydrogens (tertiary/aromatic N) is 2. The van der Waals surface area contributed by atoms with Gasteiger partial charge in [0.2, 0.25) is 5.91 Å². The number of thiazole rings is 1. The van der Waals surface area contributed by atoms with Crippen molar-refractivity contribution in [2.45, 2.75) is 31.4 Å². The second kappa shape index (κ2) is 12.3. The van der Waals surface area contributed by atoms with E-state index in [9.17, 15) is 14.4 Å². The number of ether oxygens (including phenoxy) is 2. The average Bonchev–Trinajstić information content (AvgIpc) is 3.30. The van der Waals surface area contributed by atoms with Gasteiger partial charge in [-0.15, -0.1) is 23.1 Å². The summed E-state index contributed by atoms with van der Waals surface area (Å²) in [6, 6.07) is 15.8. The van der Waals surface area contributed by atoms with Gasteiger partial charge in [-0.25, -0.2) is 4.79 Å². The predicted molar refractivity (Wildman–Crippen MR) is 154 cm³/mol. The smallest absolute Gasteiger partial charge is 0.355 e. The first-order chi connectivity index (χ1) is 19.4. The van der Waals surface area contributed by atoms with E-state index in [0.29, 0.717) is 21.0 Å². The van der Waals surface area contributed by atoms with Crippen molar-refractivity contribution in [3.63, 3.8) is 0 Å². The zero-order valence-corrected chi connectivity index (χ0v) is 24.3. The van der Waals surface area contributed by atoms with Crippen molar-refractivity contribution in [2.24, 2.45) is 0 Å². The number of rotatable bonds is 10. The molecule has 1 fully saturated rings. The third kappa shape index (κ3) is 5.93. The molecule has 208 valence electrons. The summed E-state index contributed by atoms with van der Waals surface area (Å²) in [5.74, 6) is -0.140. The van der Waals surface area contributed by atoms with Crippen LogP contribution in [0.2, 0.25) is 0 Å². The highest BCUT2D eigenvalue weighted by Gasteiger charge is 2.54. The fraction of sp³-hybridized carbons (Fsp3) is 0.286. The van der Waals surface area contributed by atoms with Crippen LogP contribution >= 0.6 is 35.3 Å². The third-order valence-corrected chi connectivity index (χ3v) is 9.10. The lowest BCUT2D eigenvalue weighted by molar-refractivity contribution is -0.153. The van der Waals surface area contributed by atoms with Crippen molar-refractivity contribution < 1.29 is 28.7 Å². The van der Waals surface area contributed by atoms with Gasteiger partial charge in [0.1, 0.15) is 36.1 Å². The molecule has 2 aliphatic heterocycles. The lowest BCUT2D eigenvalue weighted by Gasteiger charge is -2.49. The Morgan fingerprint density at radius 2 is 1.82 bits per heavy atom. The molecule has 0 bridgehead atoms. The summed E-state index contributed by atoms with van der Waals surface area (Å²) in [6.45, 7) is 1.94.